The fraction of sp³-hybridized carbons (Fsp3) is 0.385. The summed E-state index contributed by atoms with van der Waals surface area (Å²) < 4.78 is 5.28. The fourth-order valence-corrected chi connectivity index (χ4v) is 1.39. The third-order valence-electron chi connectivity index (χ3n) is 2.36. The minimum atomic E-state index is -0.572. The maximum atomic E-state index is 11.4. The first-order chi connectivity index (χ1) is 8.65. The van der Waals surface area contributed by atoms with Crippen molar-refractivity contribution in [2.24, 2.45) is 5.73 Å². The van der Waals surface area contributed by atoms with Crippen LogP contribution in [-0.4, -0.2) is 25.0 Å². The van der Waals surface area contributed by atoms with Gasteiger partial charge in [-0.1, -0.05) is 25.5 Å². The average Bonchev–Trinajstić information content (AvgIpc) is 2.37. The van der Waals surface area contributed by atoms with Crippen molar-refractivity contribution in [3.05, 3.63) is 29.8 Å². The zero-order valence-corrected chi connectivity index (χ0v) is 10.4. The number of amides is 2. The minimum absolute atomic E-state index is 0.117. The second kappa shape index (κ2) is 7.32. The van der Waals surface area contributed by atoms with E-state index in [4.69, 9.17) is 10.5 Å². The lowest BCUT2D eigenvalue weighted by atomic mass is 10.2. The molecule has 98 valence electrons. The van der Waals surface area contributed by atoms with Gasteiger partial charge in [0, 0.05) is 6.54 Å². The molecule has 0 saturated carbocycles. The van der Waals surface area contributed by atoms with E-state index in [2.05, 4.69) is 5.32 Å². The number of hydrogen-bond donors (Lipinski definition) is 2. The number of unbranched alkanes of at least 4 members (excludes halogenated alkanes) is 1. The van der Waals surface area contributed by atoms with Gasteiger partial charge in [0.2, 0.25) is 0 Å². The number of hydrogen-bond acceptors (Lipinski definition) is 3. The van der Waals surface area contributed by atoms with Crippen molar-refractivity contribution < 1.29 is 14.3 Å². The lowest BCUT2D eigenvalue weighted by Gasteiger charge is -2.09. The van der Waals surface area contributed by atoms with Crippen molar-refractivity contribution in [1.29, 1.82) is 0 Å². The van der Waals surface area contributed by atoms with E-state index in [0.717, 1.165) is 12.8 Å². The molecule has 0 aromatic heterocycles. The fourth-order valence-electron chi connectivity index (χ4n) is 1.39. The molecular formula is C13H18N2O3. The number of carbonyl (C=O) groups is 2. The van der Waals surface area contributed by atoms with Gasteiger partial charge in [-0.05, 0) is 18.6 Å². The lowest BCUT2D eigenvalue weighted by Crippen LogP contribution is -2.30. The Bertz CT molecular complexity index is 418. The zero-order chi connectivity index (χ0) is 13.4. The predicted molar refractivity (Wildman–Crippen MR) is 68.4 cm³/mol. The van der Waals surface area contributed by atoms with E-state index in [1.54, 1.807) is 24.3 Å². The highest BCUT2D eigenvalue weighted by atomic mass is 16.5. The van der Waals surface area contributed by atoms with Crippen molar-refractivity contribution in [3.63, 3.8) is 0 Å². The van der Waals surface area contributed by atoms with Crippen molar-refractivity contribution >= 4 is 11.8 Å². The van der Waals surface area contributed by atoms with E-state index in [-0.39, 0.29) is 18.1 Å². The average molecular weight is 250 g/mol. The summed E-state index contributed by atoms with van der Waals surface area (Å²) in [4.78, 5) is 22.5. The van der Waals surface area contributed by atoms with Gasteiger partial charge in [0.25, 0.3) is 11.8 Å². The maximum Gasteiger partial charge on any atom is 0.257 e. The summed E-state index contributed by atoms with van der Waals surface area (Å²) in [6.45, 7) is 2.57. The summed E-state index contributed by atoms with van der Waals surface area (Å²) in [7, 11) is 0. The van der Waals surface area contributed by atoms with Crippen LogP contribution in [0.5, 0.6) is 5.75 Å². The van der Waals surface area contributed by atoms with Gasteiger partial charge in [0.1, 0.15) is 5.75 Å². The van der Waals surface area contributed by atoms with Gasteiger partial charge in [0.15, 0.2) is 6.61 Å². The van der Waals surface area contributed by atoms with Gasteiger partial charge in [0.05, 0.1) is 5.56 Å². The highest BCUT2D eigenvalue weighted by molar-refractivity contribution is 5.95. The lowest BCUT2D eigenvalue weighted by molar-refractivity contribution is -0.123. The molecule has 1 rings (SSSR count). The molecule has 3 N–H and O–H groups in total. The second-order valence-electron chi connectivity index (χ2n) is 3.85. The van der Waals surface area contributed by atoms with E-state index < -0.39 is 5.91 Å². The first kappa shape index (κ1) is 14.0. The predicted octanol–water partition coefficient (Wildman–Crippen LogP) is 1.08. The van der Waals surface area contributed by atoms with Gasteiger partial charge < -0.3 is 15.8 Å². The van der Waals surface area contributed by atoms with Crippen LogP contribution in [0, 0.1) is 0 Å². The van der Waals surface area contributed by atoms with Crippen LogP contribution in [0.15, 0.2) is 24.3 Å². The Balaban J connectivity index is 2.48. The maximum absolute atomic E-state index is 11.4. The normalized spacial score (nSPS) is 9.83. The zero-order valence-electron chi connectivity index (χ0n) is 10.4. The first-order valence-corrected chi connectivity index (χ1v) is 5.93. The quantitative estimate of drug-likeness (QED) is 0.710. The topological polar surface area (TPSA) is 81.4 Å². The molecule has 0 bridgehead atoms. The molecule has 0 aliphatic carbocycles. The van der Waals surface area contributed by atoms with E-state index >= 15 is 0 Å². The summed E-state index contributed by atoms with van der Waals surface area (Å²) in [5.74, 6) is -0.449. The van der Waals surface area contributed by atoms with Gasteiger partial charge in [-0.15, -0.1) is 0 Å². The van der Waals surface area contributed by atoms with Crippen LogP contribution in [0.25, 0.3) is 0 Å². The van der Waals surface area contributed by atoms with E-state index in [0.29, 0.717) is 12.3 Å². The molecule has 2 amide bonds. The largest absolute Gasteiger partial charge is 0.483 e. The Labute approximate surface area is 106 Å². The molecule has 1 aromatic carbocycles. The standard InChI is InChI=1S/C13H18N2O3/c1-2-3-8-15-12(16)9-18-11-7-5-4-6-10(11)13(14)17/h4-7H,2-3,8-9H2,1H3,(H2,14,17)(H,15,16). The van der Waals surface area contributed by atoms with Crippen LogP contribution in [0.2, 0.25) is 0 Å². The Morgan fingerprint density at radius 3 is 2.72 bits per heavy atom. The molecule has 0 atom stereocenters. The third kappa shape index (κ3) is 4.45. The Kier molecular flexibility index (Phi) is 5.70. The Hall–Kier alpha value is -2.04. The second-order valence-corrected chi connectivity index (χ2v) is 3.85. The SMILES string of the molecule is CCCCNC(=O)COc1ccccc1C(N)=O. The highest BCUT2D eigenvalue weighted by Gasteiger charge is 2.09. The van der Waals surface area contributed by atoms with Crippen LogP contribution in [-0.2, 0) is 4.79 Å². The number of nitrogens with two attached hydrogens (primary N) is 1. The van der Waals surface area contributed by atoms with Crippen LogP contribution < -0.4 is 15.8 Å². The van der Waals surface area contributed by atoms with Crippen molar-refractivity contribution in [2.75, 3.05) is 13.2 Å². The molecule has 0 fully saturated rings. The molecule has 1 aromatic rings. The number of ether oxygens (including phenoxy) is 1. The molecule has 0 heterocycles. The number of carbonyl (C=O) groups excluding carboxylic acids is 2. The van der Waals surface area contributed by atoms with Crippen LogP contribution >= 0.6 is 0 Å². The Morgan fingerprint density at radius 1 is 1.33 bits per heavy atom. The number of primary amides is 1. The smallest absolute Gasteiger partial charge is 0.257 e. The van der Waals surface area contributed by atoms with Crippen molar-refractivity contribution in [2.45, 2.75) is 19.8 Å². The monoisotopic (exact) mass is 250 g/mol. The summed E-state index contributed by atoms with van der Waals surface area (Å²) in [6, 6.07) is 6.58. The molecule has 18 heavy (non-hydrogen) atoms. The van der Waals surface area contributed by atoms with E-state index in [1.807, 2.05) is 6.92 Å². The van der Waals surface area contributed by atoms with Gasteiger partial charge in [-0.25, -0.2) is 0 Å². The molecule has 0 saturated heterocycles. The third-order valence-corrected chi connectivity index (χ3v) is 2.36. The van der Waals surface area contributed by atoms with Crippen LogP contribution in [0.3, 0.4) is 0 Å². The molecule has 5 nitrogen and oxygen atoms in total. The molecule has 5 heteroatoms. The molecule has 0 spiro atoms. The van der Waals surface area contributed by atoms with E-state index in [1.165, 1.54) is 0 Å². The molecule has 0 unspecified atom stereocenters. The van der Waals surface area contributed by atoms with E-state index in [9.17, 15) is 9.59 Å². The van der Waals surface area contributed by atoms with Crippen LogP contribution in [0.1, 0.15) is 30.1 Å². The summed E-state index contributed by atoms with van der Waals surface area (Å²) in [6.07, 6.45) is 1.95. The van der Waals surface area contributed by atoms with Gasteiger partial charge >= 0.3 is 0 Å². The summed E-state index contributed by atoms with van der Waals surface area (Å²) >= 11 is 0. The van der Waals surface area contributed by atoms with Crippen molar-refractivity contribution in [3.8, 4) is 5.75 Å². The molecule has 0 aliphatic rings. The van der Waals surface area contributed by atoms with Crippen LogP contribution in [0.4, 0.5) is 0 Å². The van der Waals surface area contributed by atoms with Crippen molar-refractivity contribution in [1.82, 2.24) is 5.32 Å². The Morgan fingerprint density at radius 2 is 2.06 bits per heavy atom. The minimum Gasteiger partial charge on any atom is -0.483 e. The number of nitrogens with one attached hydrogen (secondary N) is 1. The summed E-state index contributed by atoms with van der Waals surface area (Å²) in [5, 5.41) is 2.72. The molecular weight excluding hydrogens is 232 g/mol. The van der Waals surface area contributed by atoms with Gasteiger partial charge in [-0.2, -0.15) is 0 Å². The molecule has 0 aliphatic heterocycles. The number of benzene rings is 1. The highest BCUT2D eigenvalue weighted by Crippen LogP contribution is 2.16. The first-order valence-electron chi connectivity index (χ1n) is 5.93. The number of para-hydroxylation sites is 1. The van der Waals surface area contributed by atoms with Gasteiger partial charge in [-0.3, -0.25) is 9.59 Å². The summed E-state index contributed by atoms with van der Waals surface area (Å²) in [5.41, 5.74) is 5.48. The molecule has 0 radical (unpaired) electrons. The number of rotatable bonds is 7.